The maximum absolute atomic E-state index is 10.5. The molecule has 0 aliphatic carbocycles. The Morgan fingerprint density at radius 3 is 1.90 bits per heavy atom. The second-order valence-electron chi connectivity index (χ2n) is 6.48. The molecule has 8 nitrogen and oxygen atoms in total. The average Bonchev–Trinajstić information content (AvgIpc) is 2.75. The van der Waals surface area contributed by atoms with Crippen molar-refractivity contribution in [2.24, 2.45) is 11.5 Å². The van der Waals surface area contributed by atoms with Gasteiger partial charge in [0.05, 0.1) is 0 Å². The molecule has 2 aromatic rings. The number of hydrogen-bond donors (Lipinski definition) is 5. The van der Waals surface area contributed by atoms with Crippen LogP contribution in [0.1, 0.15) is 49.4 Å². The third-order valence-corrected chi connectivity index (χ3v) is 3.90. The van der Waals surface area contributed by atoms with Gasteiger partial charge in [-0.05, 0) is 36.9 Å². The first-order valence-corrected chi connectivity index (χ1v) is 9.86. The molecule has 1 atom stereocenters. The summed E-state index contributed by atoms with van der Waals surface area (Å²) in [5.41, 5.74) is 13.4. The second kappa shape index (κ2) is 18.9. The number of aliphatic carboxylic acids is 2. The highest BCUT2D eigenvalue weighted by Gasteiger charge is 2.09. The zero-order valence-corrected chi connectivity index (χ0v) is 18.1. The smallest absolute Gasteiger partial charge is 0.320 e. The fourth-order valence-corrected chi connectivity index (χ4v) is 2.23. The molecule has 0 radical (unpaired) electrons. The molecule has 2 rings (SSSR count). The van der Waals surface area contributed by atoms with Crippen LogP contribution in [0, 0.1) is 0 Å². The fourth-order valence-electron chi connectivity index (χ4n) is 2.23. The minimum Gasteiger partial charge on any atom is -0.481 e. The number of unbranched alkanes of at least 4 members (excludes halogenated alkanes) is 1. The molecular weight excluding hydrogens is 398 g/mol. The van der Waals surface area contributed by atoms with Gasteiger partial charge in [0.25, 0.3) is 0 Å². The van der Waals surface area contributed by atoms with Crippen molar-refractivity contribution in [1.29, 1.82) is 0 Å². The van der Waals surface area contributed by atoms with Gasteiger partial charge in [0.2, 0.25) is 0 Å². The van der Waals surface area contributed by atoms with Crippen molar-refractivity contribution in [1.82, 2.24) is 6.15 Å². The van der Waals surface area contributed by atoms with Gasteiger partial charge < -0.3 is 27.8 Å². The average molecular weight is 434 g/mol. The highest BCUT2D eigenvalue weighted by Crippen LogP contribution is 2.18. The molecule has 0 aliphatic heterocycles. The van der Waals surface area contributed by atoms with Crippen LogP contribution < -0.4 is 17.6 Å². The summed E-state index contributed by atoms with van der Waals surface area (Å²) in [5.74, 6) is -1.64. The lowest BCUT2D eigenvalue weighted by molar-refractivity contribution is -0.139. The molecule has 8 heteroatoms. The monoisotopic (exact) mass is 433 g/mol. The summed E-state index contributed by atoms with van der Waals surface area (Å²) in [4.78, 5) is 30.2. The summed E-state index contributed by atoms with van der Waals surface area (Å²) in [6.45, 7) is 2.44. The van der Waals surface area contributed by atoms with Gasteiger partial charge in [0, 0.05) is 12.0 Å². The summed E-state index contributed by atoms with van der Waals surface area (Å²) < 4.78 is 0. The molecule has 0 spiro atoms. The van der Waals surface area contributed by atoms with Crippen molar-refractivity contribution in [3.63, 3.8) is 0 Å². The first-order valence-electron chi connectivity index (χ1n) is 9.86. The van der Waals surface area contributed by atoms with Gasteiger partial charge in [0.1, 0.15) is 12.3 Å². The van der Waals surface area contributed by atoms with E-state index in [1.807, 2.05) is 49.4 Å². The summed E-state index contributed by atoms with van der Waals surface area (Å²) in [6.07, 6.45) is 4.04. The van der Waals surface area contributed by atoms with E-state index in [0.29, 0.717) is 24.9 Å². The summed E-state index contributed by atoms with van der Waals surface area (Å²) in [6, 6.07) is 17.0. The number of rotatable bonds is 9. The molecule has 0 heterocycles. The van der Waals surface area contributed by atoms with Crippen LogP contribution in [-0.4, -0.2) is 41.0 Å². The van der Waals surface area contributed by atoms with E-state index in [-0.39, 0.29) is 6.15 Å². The van der Waals surface area contributed by atoms with Gasteiger partial charge in [-0.1, -0.05) is 67.9 Å². The lowest BCUT2D eigenvalue weighted by Gasteiger charge is -2.03. The normalized spacial score (nSPS) is 10.2. The van der Waals surface area contributed by atoms with Crippen LogP contribution in [0.3, 0.4) is 0 Å². The predicted octanol–water partition coefficient (Wildman–Crippen LogP) is 3.73. The Kier molecular flexibility index (Phi) is 18.4. The van der Waals surface area contributed by atoms with Gasteiger partial charge in [0.15, 0.2) is 0 Å². The van der Waals surface area contributed by atoms with Crippen molar-refractivity contribution in [2.45, 2.75) is 45.1 Å². The molecule has 31 heavy (non-hydrogen) atoms. The number of aldehydes is 1. The first kappa shape index (κ1) is 30.1. The van der Waals surface area contributed by atoms with Crippen LogP contribution in [0.25, 0.3) is 11.1 Å². The lowest BCUT2D eigenvalue weighted by Crippen LogP contribution is -2.29. The van der Waals surface area contributed by atoms with E-state index < -0.39 is 18.0 Å². The molecule has 0 saturated carbocycles. The molecule has 2 aromatic carbocycles. The number of carboxylic acids is 2. The second-order valence-corrected chi connectivity index (χ2v) is 6.48. The van der Waals surface area contributed by atoms with Gasteiger partial charge in [-0.25, -0.2) is 0 Å². The molecule has 0 amide bonds. The topological polar surface area (TPSA) is 179 Å². The van der Waals surface area contributed by atoms with E-state index in [1.54, 1.807) is 0 Å². The number of carbonyl (C=O) groups excluding carboxylic acids is 1. The van der Waals surface area contributed by atoms with Crippen molar-refractivity contribution in [2.75, 3.05) is 6.54 Å². The molecule has 9 N–H and O–H groups in total. The number of nitrogens with two attached hydrogens (primary N) is 2. The van der Waals surface area contributed by atoms with Gasteiger partial charge in [-0.3, -0.25) is 14.4 Å². The van der Waals surface area contributed by atoms with Crippen LogP contribution in [0.5, 0.6) is 0 Å². The van der Waals surface area contributed by atoms with E-state index in [4.69, 9.17) is 21.7 Å². The maximum Gasteiger partial charge on any atom is 0.320 e. The van der Waals surface area contributed by atoms with Crippen LogP contribution in [0.2, 0.25) is 0 Å². The molecule has 0 fully saturated rings. The number of hydrogen-bond acceptors (Lipinski definition) is 6. The molecule has 0 unspecified atom stereocenters. The molecular formula is C23H35N3O5. The van der Waals surface area contributed by atoms with Crippen molar-refractivity contribution in [3.8, 4) is 11.1 Å². The minimum absolute atomic E-state index is 0. The summed E-state index contributed by atoms with van der Waals surface area (Å²) in [5, 5.41) is 16.2. The number of benzene rings is 2. The highest BCUT2D eigenvalue weighted by atomic mass is 16.4. The van der Waals surface area contributed by atoms with Crippen LogP contribution in [-0.2, 0) is 9.59 Å². The quantitative estimate of drug-likeness (QED) is 0.293. The molecule has 0 bridgehead atoms. The van der Waals surface area contributed by atoms with Crippen molar-refractivity contribution in [3.05, 3.63) is 60.2 Å². The van der Waals surface area contributed by atoms with Crippen molar-refractivity contribution >= 4 is 18.2 Å². The SMILES string of the molecule is CCCC(=O)O.N.NCCCC[C@H](N)C(=O)O.O=Cc1ccc(-c2ccccc2)cc1. The van der Waals surface area contributed by atoms with Crippen LogP contribution in [0.4, 0.5) is 0 Å². The molecule has 172 valence electrons. The summed E-state index contributed by atoms with van der Waals surface area (Å²) >= 11 is 0. The Labute approximate surface area is 183 Å². The van der Waals surface area contributed by atoms with Gasteiger partial charge in [-0.2, -0.15) is 0 Å². The third-order valence-electron chi connectivity index (χ3n) is 3.90. The molecule has 0 aliphatic rings. The van der Waals surface area contributed by atoms with Crippen molar-refractivity contribution < 1.29 is 24.6 Å². The molecule has 0 saturated heterocycles. The fraction of sp³-hybridized carbons (Fsp3) is 0.348. The minimum atomic E-state index is -0.933. The van der Waals surface area contributed by atoms with E-state index in [0.717, 1.165) is 31.1 Å². The Hall–Kier alpha value is -3.07. The Balaban J connectivity index is 0. The maximum atomic E-state index is 10.5. The van der Waals surface area contributed by atoms with Crippen LogP contribution >= 0.6 is 0 Å². The van der Waals surface area contributed by atoms with E-state index in [2.05, 4.69) is 12.1 Å². The third kappa shape index (κ3) is 15.4. The Morgan fingerprint density at radius 1 is 0.968 bits per heavy atom. The lowest BCUT2D eigenvalue weighted by atomic mass is 10.0. The molecule has 0 aromatic heterocycles. The highest BCUT2D eigenvalue weighted by molar-refractivity contribution is 5.76. The zero-order chi connectivity index (χ0) is 22.8. The number of carbonyl (C=O) groups is 3. The largest absolute Gasteiger partial charge is 0.481 e. The predicted molar refractivity (Wildman–Crippen MR) is 123 cm³/mol. The summed E-state index contributed by atoms with van der Waals surface area (Å²) in [7, 11) is 0. The Bertz CT molecular complexity index is 737. The van der Waals surface area contributed by atoms with E-state index >= 15 is 0 Å². The standard InChI is InChI=1S/C13H10O.C6H14N2O2.C4H8O2.H3N/c14-10-11-6-8-13(9-7-11)12-4-2-1-3-5-12;7-4-2-1-3-5(8)6(9)10;1-2-3-4(5)6;/h1-10H;5H,1-4,7-8H2,(H,9,10);2-3H2,1H3,(H,5,6);1H3/t;5-;;/m.0../s1. The number of carboxylic acid groups (broad SMARTS) is 2. The Morgan fingerprint density at radius 2 is 1.52 bits per heavy atom. The van der Waals surface area contributed by atoms with Gasteiger partial charge in [-0.15, -0.1) is 0 Å². The van der Waals surface area contributed by atoms with Gasteiger partial charge >= 0.3 is 11.9 Å². The van der Waals surface area contributed by atoms with Crippen LogP contribution in [0.15, 0.2) is 54.6 Å². The zero-order valence-electron chi connectivity index (χ0n) is 18.1. The van der Waals surface area contributed by atoms with E-state index in [1.165, 1.54) is 5.56 Å². The first-order chi connectivity index (χ1) is 14.3. The van der Waals surface area contributed by atoms with E-state index in [9.17, 15) is 14.4 Å².